The van der Waals surface area contributed by atoms with E-state index in [1.165, 1.54) is 16.7 Å². The van der Waals surface area contributed by atoms with E-state index in [2.05, 4.69) is 59.3 Å². The topological polar surface area (TPSA) is 35.1 Å². The third-order valence-corrected chi connectivity index (χ3v) is 5.84. The summed E-state index contributed by atoms with van der Waals surface area (Å²) in [5.74, 6) is 0.381. The number of hydrogen-bond donors (Lipinski definition) is 1. The van der Waals surface area contributed by atoms with Crippen molar-refractivity contribution in [1.82, 2.24) is 4.72 Å². The second-order valence-electron chi connectivity index (χ2n) is 6.88. The lowest BCUT2D eigenvalue weighted by atomic mass is 9.93. The molecule has 0 aromatic heterocycles. The van der Waals surface area contributed by atoms with Crippen LogP contribution < -0.4 is 4.72 Å². The normalized spacial score (nSPS) is 22.4. The first-order chi connectivity index (χ1) is 10.5. The van der Waals surface area contributed by atoms with Gasteiger partial charge in [-0.25, -0.2) is 0 Å². The lowest BCUT2D eigenvalue weighted by Crippen LogP contribution is -2.40. The number of benzene rings is 2. The van der Waals surface area contributed by atoms with E-state index in [9.17, 15) is 4.55 Å². The van der Waals surface area contributed by atoms with Crippen LogP contribution in [0.1, 0.15) is 55.8 Å². The van der Waals surface area contributed by atoms with Crippen molar-refractivity contribution < 1.29 is 4.55 Å². The largest absolute Gasteiger partial charge is 0.598 e. The third kappa shape index (κ3) is 3.07. The van der Waals surface area contributed by atoms with Crippen molar-refractivity contribution in [2.24, 2.45) is 0 Å². The molecule has 1 aliphatic carbocycles. The fraction of sp³-hybridized carbons (Fsp3) is 0.368. The second kappa shape index (κ2) is 6.07. The van der Waals surface area contributed by atoms with Crippen molar-refractivity contribution in [1.29, 1.82) is 0 Å². The summed E-state index contributed by atoms with van der Waals surface area (Å²) in [6.07, 6.45) is 0.963. The van der Waals surface area contributed by atoms with Crippen LogP contribution in [0, 0.1) is 0 Å². The summed E-state index contributed by atoms with van der Waals surface area (Å²) in [6.45, 7) is 6.02. The van der Waals surface area contributed by atoms with Gasteiger partial charge >= 0.3 is 0 Å². The van der Waals surface area contributed by atoms with Crippen molar-refractivity contribution in [2.45, 2.75) is 43.9 Å². The minimum Gasteiger partial charge on any atom is -0.598 e. The molecule has 1 N–H and O–H groups in total. The molecule has 2 aromatic rings. The molecule has 116 valence electrons. The Morgan fingerprint density at radius 1 is 0.955 bits per heavy atom. The van der Waals surface area contributed by atoms with Crippen LogP contribution >= 0.6 is 0 Å². The Morgan fingerprint density at radius 2 is 1.55 bits per heavy atom. The average molecular weight is 313 g/mol. The van der Waals surface area contributed by atoms with Crippen LogP contribution in [-0.4, -0.2) is 9.30 Å². The van der Waals surface area contributed by atoms with E-state index in [-0.39, 0.29) is 10.8 Å². The number of fused-ring (bicyclic) bond motifs is 1. The predicted molar refractivity (Wildman–Crippen MR) is 93.1 cm³/mol. The van der Waals surface area contributed by atoms with E-state index >= 15 is 0 Å². The lowest BCUT2D eigenvalue weighted by Gasteiger charge is -2.26. The molecule has 0 saturated carbocycles. The molecular weight excluding hydrogens is 290 g/mol. The van der Waals surface area contributed by atoms with Crippen LogP contribution in [0.25, 0.3) is 0 Å². The van der Waals surface area contributed by atoms with E-state index in [0.29, 0.717) is 5.92 Å². The Balaban J connectivity index is 1.89. The summed E-state index contributed by atoms with van der Waals surface area (Å²) in [5, 5.41) is 0. The van der Waals surface area contributed by atoms with E-state index in [1.807, 2.05) is 20.8 Å². The van der Waals surface area contributed by atoms with Gasteiger partial charge in [-0.3, -0.25) is 0 Å². The molecule has 3 heteroatoms. The third-order valence-electron chi connectivity index (χ3n) is 4.23. The van der Waals surface area contributed by atoms with E-state index in [0.717, 1.165) is 6.42 Å². The fourth-order valence-corrected chi connectivity index (χ4v) is 3.89. The summed E-state index contributed by atoms with van der Waals surface area (Å²) in [5.41, 5.74) is 3.98. The SMILES string of the molecule is CC(C)(C)[S+]([O-])N[C@@H]1C[C@H](c2ccccc2)c2ccccc21. The molecule has 3 rings (SSSR count). The molecule has 1 unspecified atom stereocenters. The molecule has 0 amide bonds. The van der Waals surface area contributed by atoms with Crippen LogP contribution in [0.4, 0.5) is 0 Å². The van der Waals surface area contributed by atoms with Crippen LogP contribution in [0.2, 0.25) is 0 Å². The number of rotatable bonds is 3. The van der Waals surface area contributed by atoms with Gasteiger partial charge in [0.2, 0.25) is 0 Å². The maximum atomic E-state index is 12.5. The maximum absolute atomic E-state index is 12.5. The van der Waals surface area contributed by atoms with Gasteiger partial charge < -0.3 is 4.55 Å². The molecule has 0 radical (unpaired) electrons. The zero-order valence-corrected chi connectivity index (χ0v) is 14.2. The Kier molecular flexibility index (Phi) is 4.31. The lowest BCUT2D eigenvalue weighted by molar-refractivity contribution is 0.517. The van der Waals surface area contributed by atoms with Gasteiger partial charge in [-0.2, -0.15) is 0 Å². The van der Waals surface area contributed by atoms with Gasteiger partial charge in [0.15, 0.2) is 0 Å². The Hall–Kier alpha value is -1.29. The van der Waals surface area contributed by atoms with Gasteiger partial charge in [0.25, 0.3) is 0 Å². The van der Waals surface area contributed by atoms with Crippen molar-refractivity contribution in [3.05, 3.63) is 71.3 Å². The summed E-state index contributed by atoms with van der Waals surface area (Å²) in [4.78, 5) is 0. The molecule has 0 bridgehead atoms. The second-order valence-corrected chi connectivity index (χ2v) is 8.88. The molecule has 0 heterocycles. The van der Waals surface area contributed by atoms with Crippen LogP contribution in [0.3, 0.4) is 0 Å². The first-order valence-corrected chi connectivity index (χ1v) is 8.93. The van der Waals surface area contributed by atoms with E-state index in [1.54, 1.807) is 0 Å². The first-order valence-electron chi connectivity index (χ1n) is 7.78. The minimum atomic E-state index is -1.06. The summed E-state index contributed by atoms with van der Waals surface area (Å²) in [7, 11) is 0. The molecule has 0 aliphatic heterocycles. The standard InChI is InChI=1S/C19H23NOS/c1-19(2,3)22(21)20-18-13-17(14-9-5-4-6-10-14)15-11-7-8-12-16(15)18/h4-12,17-18,20H,13H2,1-3H3/t17-,18-,22?/m1/s1. The van der Waals surface area contributed by atoms with Crippen molar-refractivity contribution >= 4 is 11.4 Å². The van der Waals surface area contributed by atoms with Crippen LogP contribution in [0.15, 0.2) is 54.6 Å². The molecular formula is C19H23NOS. The summed E-state index contributed by atoms with van der Waals surface area (Å²) >= 11 is -1.06. The highest BCUT2D eigenvalue weighted by atomic mass is 32.2. The molecule has 22 heavy (non-hydrogen) atoms. The Bertz CT molecular complexity index is 635. The first kappa shape index (κ1) is 15.6. The van der Waals surface area contributed by atoms with Gasteiger partial charge in [0, 0.05) is 17.3 Å². The van der Waals surface area contributed by atoms with Gasteiger partial charge in [0.1, 0.15) is 4.75 Å². The molecule has 3 atom stereocenters. The van der Waals surface area contributed by atoms with Gasteiger partial charge in [-0.15, -0.1) is 4.72 Å². The molecule has 0 spiro atoms. The predicted octanol–water partition coefficient (Wildman–Crippen LogP) is 4.32. The van der Waals surface area contributed by atoms with Gasteiger partial charge in [0.05, 0.1) is 6.04 Å². The molecule has 0 saturated heterocycles. The van der Waals surface area contributed by atoms with E-state index < -0.39 is 11.4 Å². The van der Waals surface area contributed by atoms with Crippen LogP contribution in [0.5, 0.6) is 0 Å². The van der Waals surface area contributed by atoms with Crippen LogP contribution in [-0.2, 0) is 11.4 Å². The van der Waals surface area contributed by atoms with Gasteiger partial charge in [-0.1, -0.05) is 54.6 Å². The number of nitrogens with one attached hydrogen (secondary N) is 1. The van der Waals surface area contributed by atoms with Crippen molar-refractivity contribution in [2.75, 3.05) is 0 Å². The Labute approximate surface area is 136 Å². The smallest absolute Gasteiger partial charge is 0.136 e. The zero-order chi connectivity index (χ0) is 15.7. The van der Waals surface area contributed by atoms with Gasteiger partial charge in [-0.05, 0) is 43.9 Å². The molecule has 2 aromatic carbocycles. The highest BCUT2D eigenvalue weighted by molar-refractivity contribution is 7.90. The quantitative estimate of drug-likeness (QED) is 0.857. The highest BCUT2D eigenvalue weighted by Gasteiger charge is 2.37. The molecule has 0 fully saturated rings. The Morgan fingerprint density at radius 3 is 2.18 bits per heavy atom. The number of hydrogen-bond acceptors (Lipinski definition) is 2. The zero-order valence-electron chi connectivity index (χ0n) is 13.4. The summed E-state index contributed by atoms with van der Waals surface area (Å²) in [6, 6.07) is 19.3. The highest BCUT2D eigenvalue weighted by Crippen LogP contribution is 2.44. The fourth-order valence-electron chi connectivity index (χ4n) is 3.05. The van der Waals surface area contributed by atoms with E-state index in [4.69, 9.17) is 0 Å². The maximum Gasteiger partial charge on any atom is 0.136 e. The molecule has 1 aliphatic rings. The monoisotopic (exact) mass is 313 g/mol. The average Bonchev–Trinajstić information content (AvgIpc) is 2.86. The van der Waals surface area contributed by atoms with Crippen molar-refractivity contribution in [3.8, 4) is 0 Å². The molecule has 2 nitrogen and oxygen atoms in total. The van der Waals surface area contributed by atoms with Crippen molar-refractivity contribution in [3.63, 3.8) is 0 Å². The summed E-state index contributed by atoms with van der Waals surface area (Å²) < 4.78 is 15.6. The minimum absolute atomic E-state index is 0.154.